The van der Waals surface area contributed by atoms with Crippen LogP contribution in [0.4, 0.5) is 5.69 Å². The maximum atomic E-state index is 13.0. The standard InChI is InChI=1S/C18H13Cl2NO2S/c1-2-24-16-15(13-9-8-11(19)10-14(13)20)17(22)21(18(16)23)12-6-4-3-5-7-12/h3-10H,2H2,1H3. The summed E-state index contributed by atoms with van der Waals surface area (Å²) in [7, 11) is 0. The highest BCUT2D eigenvalue weighted by atomic mass is 35.5. The molecular formula is C18H13Cl2NO2S. The Morgan fingerprint density at radius 2 is 1.71 bits per heavy atom. The first-order valence-electron chi connectivity index (χ1n) is 7.31. The maximum absolute atomic E-state index is 13.0. The summed E-state index contributed by atoms with van der Waals surface area (Å²) in [6.45, 7) is 1.93. The van der Waals surface area contributed by atoms with Crippen molar-refractivity contribution >= 4 is 58.0 Å². The number of amides is 2. The van der Waals surface area contributed by atoms with E-state index in [0.29, 0.717) is 37.5 Å². The number of halogens is 2. The number of hydrogen-bond acceptors (Lipinski definition) is 3. The second kappa shape index (κ2) is 7.01. The molecular weight excluding hydrogens is 365 g/mol. The average Bonchev–Trinajstić information content (AvgIpc) is 2.80. The molecule has 0 aromatic heterocycles. The molecule has 1 aliphatic heterocycles. The lowest BCUT2D eigenvalue weighted by Gasteiger charge is -2.15. The monoisotopic (exact) mass is 377 g/mol. The number of imide groups is 1. The van der Waals surface area contributed by atoms with Gasteiger partial charge in [0.1, 0.15) is 0 Å². The molecule has 1 heterocycles. The van der Waals surface area contributed by atoms with E-state index in [0.717, 1.165) is 0 Å². The van der Waals surface area contributed by atoms with Crippen molar-refractivity contribution in [1.29, 1.82) is 0 Å². The predicted molar refractivity (Wildman–Crippen MR) is 100 cm³/mol. The van der Waals surface area contributed by atoms with E-state index >= 15 is 0 Å². The number of hydrogen-bond donors (Lipinski definition) is 0. The number of rotatable bonds is 4. The Hall–Kier alpha value is -1.75. The van der Waals surface area contributed by atoms with Crippen molar-refractivity contribution < 1.29 is 9.59 Å². The fraction of sp³-hybridized carbons (Fsp3) is 0.111. The minimum absolute atomic E-state index is 0.320. The lowest BCUT2D eigenvalue weighted by atomic mass is 10.1. The molecule has 3 nitrogen and oxygen atoms in total. The van der Waals surface area contributed by atoms with Gasteiger partial charge in [0.05, 0.1) is 21.2 Å². The van der Waals surface area contributed by atoms with Crippen LogP contribution in [0, 0.1) is 0 Å². The lowest BCUT2D eigenvalue weighted by Crippen LogP contribution is -2.31. The largest absolute Gasteiger partial charge is 0.272 e. The van der Waals surface area contributed by atoms with Crippen LogP contribution >= 0.6 is 35.0 Å². The van der Waals surface area contributed by atoms with Crippen LogP contribution in [-0.4, -0.2) is 17.6 Å². The first kappa shape index (κ1) is 17.1. The maximum Gasteiger partial charge on any atom is 0.272 e. The molecule has 0 unspecified atom stereocenters. The second-order valence-corrected chi connectivity index (χ2v) is 7.16. The summed E-state index contributed by atoms with van der Waals surface area (Å²) in [4.78, 5) is 27.4. The topological polar surface area (TPSA) is 37.4 Å². The van der Waals surface area contributed by atoms with Gasteiger partial charge in [0.2, 0.25) is 0 Å². The van der Waals surface area contributed by atoms with Gasteiger partial charge in [0.25, 0.3) is 11.8 Å². The summed E-state index contributed by atoms with van der Waals surface area (Å²) in [5, 5.41) is 0.827. The Morgan fingerprint density at radius 3 is 2.33 bits per heavy atom. The van der Waals surface area contributed by atoms with E-state index < -0.39 is 0 Å². The number of nitrogens with zero attached hydrogens (tertiary/aromatic N) is 1. The number of carbonyl (C=O) groups excluding carboxylic acids is 2. The van der Waals surface area contributed by atoms with Crippen LogP contribution in [0.25, 0.3) is 5.57 Å². The fourth-order valence-corrected chi connectivity index (χ4v) is 3.88. The van der Waals surface area contributed by atoms with Gasteiger partial charge in [0, 0.05) is 10.6 Å². The van der Waals surface area contributed by atoms with Crippen LogP contribution in [0.5, 0.6) is 0 Å². The molecule has 2 amide bonds. The average molecular weight is 378 g/mol. The third-order valence-corrected chi connectivity index (χ3v) is 5.05. The van der Waals surface area contributed by atoms with Gasteiger partial charge in [-0.25, -0.2) is 4.90 Å². The minimum Gasteiger partial charge on any atom is -0.268 e. The zero-order chi connectivity index (χ0) is 17.3. The highest BCUT2D eigenvalue weighted by molar-refractivity contribution is 8.04. The third kappa shape index (κ3) is 2.97. The van der Waals surface area contributed by atoms with Gasteiger partial charge in [-0.2, -0.15) is 0 Å². The van der Waals surface area contributed by atoms with E-state index in [2.05, 4.69) is 0 Å². The van der Waals surface area contributed by atoms with Crippen LogP contribution in [0.3, 0.4) is 0 Å². The Kier molecular flexibility index (Phi) is 4.99. The molecule has 0 radical (unpaired) electrons. The van der Waals surface area contributed by atoms with Crippen LogP contribution in [-0.2, 0) is 9.59 Å². The molecule has 0 spiro atoms. The Morgan fingerprint density at radius 1 is 1.00 bits per heavy atom. The van der Waals surface area contributed by atoms with Crippen molar-refractivity contribution in [2.75, 3.05) is 10.7 Å². The van der Waals surface area contributed by atoms with Gasteiger partial charge < -0.3 is 0 Å². The van der Waals surface area contributed by atoms with Gasteiger partial charge in [-0.05, 0) is 30.0 Å². The first-order chi connectivity index (χ1) is 11.5. The highest BCUT2D eigenvalue weighted by Gasteiger charge is 2.40. The molecule has 0 aliphatic carbocycles. The fourth-order valence-electron chi connectivity index (χ4n) is 2.53. The van der Waals surface area contributed by atoms with E-state index in [9.17, 15) is 9.59 Å². The molecule has 0 N–H and O–H groups in total. The van der Waals surface area contributed by atoms with Crippen LogP contribution < -0.4 is 4.90 Å². The quantitative estimate of drug-likeness (QED) is 0.701. The molecule has 6 heteroatoms. The zero-order valence-electron chi connectivity index (χ0n) is 12.8. The van der Waals surface area contributed by atoms with E-state index in [1.54, 1.807) is 42.5 Å². The van der Waals surface area contributed by atoms with Gasteiger partial charge in [-0.1, -0.05) is 54.4 Å². The van der Waals surface area contributed by atoms with Crippen LogP contribution in [0.2, 0.25) is 10.0 Å². The second-order valence-electron chi connectivity index (χ2n) is 5.04. The predicted octanol–water partition coefficient (Wildman–Crippen LogP) is 5.03. The number of thioether (sulfide) groups is 1. The molecule has 0 bridgehead atoms. The van der Waals surface area contributed by atoms with E-state index in [1.807, 2.05) is 13.0 Å². The molecule has 24 heavy (non-hydrogen) atoms. The SMILES string of the molecule is CCSC1=C(c2ccc(Cl)cc2Cl)C(=O)N(c2ccccc2)C1=O. The summed E-state index contributed by atoms with van der Waals surface area (Å²) >= 11 is 13.6. The zero-order valence-corrected chi connectivity index (χ0v) is 15.1. The third-order valence-electron chi connectivity index (χ3n) is 3.54. The molecule has 1 aliphatic rings. The summed E-state index contributed by atoms with van der Waals surface area (Å²) in [6, 6.07) is 13.8. The van der Waals surface area contributed by atoms with Gasteiger partial charge >= 0.3 is 0 Å². The van der Waals surface area contributed by atoms with Crippen molar-refractivity contribution in [3.63, 3.8) is 0 Å². The van der Waals surface area contributed by atoms with Crippen molar-refractivity contribution in [3.05, 3.63) is 69.0 Å². The number of anilines is 1. The van der Waals surface area contributed by atoms with Gasteiger partial charge in [0.15, 0.2) is 0 Å². The van der Waals surface area contributed by atoms with Crippen LogP contribution in [0.15, 0.2) is 53.4 Å². The number of benzene rings is 2. The molecule has 0 saturated heterocycles. The molecule has 0 fully saturated rings. The van der Waals surface area contributed by atoms with E-state index in [-0.39, 0.29) is 11.8 Å². The molecule has 0 saturated carbocycles. The van der Waals surface area contributed by atoms with Crippen molar-refractivity contribution in [2.45, 2.75) is 6.92 Å². The number of carbonyl (C=O) groups is 2. The van der Waals surface area contributed by atoms with Crippen molar-refractivity contribution in [3.8, 4) is 0 Å². The summed E-state index contributed by atoms with van der Waals surface area (Å²) in [5.41, 5.74) is 1.40. The van der Waals surface area contributed by atoms with E-state index in [1.165, 1.54) is 16.7 Å². The lowest BCUT2D eigenvalue weighted by molar-refractivity contribution is -0.119. The highest BCUT2D eigenvalue weighted by Crippen LogP contribution is 2.40. The minimum atomic E-state index is -0.369. The molecule has 2 aromatic carbocycles. The van der Waals surface area contributed by atoms with Gasteiger partial charge in [-0.15, -0.1) is 11.8 Å². The molecule has 0 atom stereocenters. The summed E-state index contributed by atoms with van der Waals surface area (Å²) in [6.07, 6.45) is 0. The smallest absolute Gasteiger partial charge is 0.268 e. The normalized spacial score (nSPS) is 14.7. The summed E-state index contributed by atoms with van der Waals surface area (Å²) in [5.74, 6) is -0.0171. The van der Waals surface area contributed by atoms with Crippen LogP contribution in [0.1, 0.15) is 12.5 Å². The number of para-hydroxylation sites is 1. The molecule has 122 valence electrons. The Balaban J connectivity index is 2.14. The van der Waals surface area contributed by atoms with Gasteiger partial charge in [-0.3, -0.25) is 9.59 Å². The Bertz CT molecular complexity index is 849. The molecule has 3 rings (SSSR count). The van der Waals surface area contributed by atoms with Crippen molar-refractivity contribution in [1.82, 2.24) is 0 Å². The molecule has 2 aromatic rings. The first-order valence-corrected chi connectivity index (χ1v) is 9.05. The van der Waals surface area contributed by atoms with Crippen molar-refractivity contribution in [2.24, 2.45) is 0 Å². The van der Waals surface area contributed by atoms with E-state index in [4.69, 9.17) is 23.2 Å². The summed E-state index contributed by atoms with van der Waals surface area (Å²) < 4.78 is 0. The Labute approximate surface area is 154 Å².